The minimum absolute atomic E-state index is 0.0967. The first-order chi connectivity index (χ1) is 15.9. The van der Waals surface area contributed by atoms with E-state index in [0.29, 0.717) is 18.7 Å². The van der Waals surface area contributed by atoms with Gasteiger partial charge in [-0.15, -0.1) is 0 Å². The van der Waals surface area contributed by atoms with Crippen LogP contribution in [0, 0.1) is 0 Å². The molecule has 7 nitrogen and oxygen atoms in total. The zero-order valence-corrected chi connectivity index (χ0v) is 20.0. The van der Waals surface area contributed by atoms with Gasteiger partial charge in [-0.3, -0.25) is 4.79 Å². The van der Waals surface area contributed by atoms with Gasteiger partial charge in [0.05, 0.1) is 11.2 Å². The monoisotopic (exact) mass is 524 g/mol. The molecule has 1 aromatic heterocycles. The summed E-state index contributed by atoms with van der Waals surface area (Å²) in [5.41, 5.74) is 1.50. The van der Waals surface area contributed by atoms with Crippen molar-refractivity contribution in [1.82, 2.24) is 18.8 Å². The molecule has 0 unspecified atom stereocenters. The van der Waals surface area contributed by atoms with Crippen LogP contribution < -0.4 is 0 Å². The second-order valence-corrected chi connectivity index (χ2v) is 10.7. The Labute approximate surface area is 200 Å². The van der Waals surface area contributed by atoms with Gasteiger partial charge in [0, 0.05) is 54.3 Å². The number of fused-ring (bicyclic) bond motifs is 1. The van der Waals surface area contributed by atoms with Gasteiger partial charge in [-0.1, -0.05) is 28.1 Å². The summed E-state index contributed by atoms with van der Waals surface area (Å²) in [6.45, 7) is 1.23. The van der Waals surface area contributed by atoms with Crippen LogP contribution in [0.5, 0.6) is 0 Å². The molecule has 33 heavy (non-hydrogen) atoms. The highest BCUT2D eigenvalue weighted by Gasteiger charge is 2.30. The number of halogens is 1. The molecule has 0 N–H and O–H groups in total. The molecule has 3 aromatic carbocycles. The number of amides is 1. The Balaban J connectivity index is 1.27. The van der Waals surface area contributed by atoms with E-state index in [2.05, 4.69) is 20.9 Å². The number of hydrogen-bond acceptors (Lipinski definition) is 4. The van der Waals surface area contributed by atoms with Crippen molar-refractivity contribution in [3.63, 3.8) is 0 Å². The van der Waals surface area contributed by atoms with Gasteiger partial charge in [0.2, 0.25) is 10.0 Å². The lowest BCUT2D eigenvalue weighted by atomic mass is 10.1. The molecule has 0 bridgehead atoms. The third-order valence-electron chi connectivity index (χ3n) is 5.85. The summed E-state index contributed by atoms with van der Waals surface area (Å²) in [6, 6.07) is 18.2. The average Bonchev–Trinajstić information content (AvgIpc) is 3.38. The van der Waals surface area contributed by atoms with Gasteiger partial charge in [0.15, 0.2) is 0 Å². The number of carbonyl (C=O) groups excluding carboxylic acids is 1. The summed E-state index contributed by atoms with van der Waals surface area (Å²) in [7, 11) is -3.63. The molecule has 1 aliphatic heterocycles. The number of aromatic nitrogens is 2. The maximum absolute atomic E-state index is 13.2. The van der Waals surface area contributed by atoms with Gasteiger partial charge < -0.3 is 9.47 Å². The molecule has 0 radical (unpaired) electrons. The molecule has 0 aliphatic carbocycles. The van der Waals surface area contributed by atoms with E-state index in [4.69, 9.17) is 0 Å². The van der Waals surface area contributed by atoms with Crippen LogP contribution in [0.4, 0.5) is 0 Å². The van der Waals surface area contributed by atoms with Gasteiger partial charge >= 0.3 is 0 Å². The fourth-order valence-corrected chi connectivity index (χ4v) is 5.84. The van der Waals surface area contributed by atoms with Gasteiger partial charge in [-0.05, 0) is 59.3 Å². The second kappa shape index (κ2) is 8.74. The zero-order valence-electron chi connectivity index (χ0n) is 17.6. The van der Waals surface area contributed by atoms with Crippen LogP contribution in [0.2, 0.25) is 0 Å². The Kier molecular flexibility index (Phi) is 5.77. The first kappa shape index (κ1) is 21.8. The van der Waals surface area contributed by atoms with Gasteiger partial charge in [0.25, 0.3) is 5.91 Å². The lowest BCUT2D eigenvalue weighted by Gasteiger charge is -2.34. The van der Waals surface area contributed by atoms with E-state index in [0.717, 1.165) is 20.9 Å². The number of carbonyl (C=O) groups is 1. The van der Waals surface area contributed by atoms with E-state index in [1.165, 1.54) is 4.31 Å². The summed E-state index contributed by atoms with van der Waals surface area (Å²) in [5.74, 6) is -0.0967. The number of piperazine rings is 1. The summed E-state index contributed by atoms with van der Waals surface area (Å²) >= 11 is 3.44. The van der Waals surface area contributed by atoms with Crippen molar-refractivity contribution in [1.29, 1.82) is 0 Å². The molecule has 1 aliphatic rings. The number of nitrogens with zero attached hydrogens (tertiary/aromatic N) is 4. The number of imidazole rings is 1. The van der Waals surface area contributed by atoms with Crippen LogP contribution in [-0.4, -0.2) is 59.3 Å². The van der Waals surface area contributed by atoms with Gasteiger partial charge in [0.1, 0.15) is 0 Å². The third-order valence-corrected chi connectivity index (χ3v) is 8.24. The summed E-state index contributed by atoms with van der Waals surface area (Å²) in [5, 5.41) is 1.84. The zero-order chi connectivity index (χ0) is 23.0. The molecule has 0 saturated carbocycles. The van der Waals surface area contributed by atoms with Gasteiger partial charge in [-0.25, -0.2) is 13.4 Å². The first-order valence-electron chi connectivity index (χ1n) is 10.5. The minimum Gasteiger partial charge on any atom is -0.336 e. The van der Waals surface area contributed by atoms with Crippen LogP contribution in [0.25, 0.3) is 16.5 Å². The molecule has 1 amide bonds. The van der Waals surface area contributed by atoms with Crippen molar-refractivity contribution in [2.45, 2.75) is 4.90 Å². The van der Waals surface area contributed by atoms with E-state index in [-0.39, 0.29) is 23.9 Å². The lowest BCUT2D eigenvalue weighted by molar-refractivity contribution is 0.0698. The van der Waals surface area contributed by atoms with Crippen LogP contribution in [-0.2, 0) is 10.0 Å². The van der Waals surface area contributed by atoms with Crippen molar-refractivity contribution in [2.75, 3.05) is 26.2 Å². The molecule has 1 fully saturated rings. The number of hydrogen-bond donors (Lipinski definition) is 0. The Bertz CT molecular complexity index is 1410. The van der Waals surface area contributed by atoms with Crippen molar-refractivity contribution >= 4 is 42.6 Å². The predicted octanol–water partition coefficient (Wildman–Crippen LogP) is 3.93. The van der Waals surface area contributed by atoms with Crippen LogP contribution in [0.3, 0.4) is 0 Å². The maximum Gasteiger partial charge on any atom is 0.253 e. The molecule has 168 valence electrons. The van der Waals surface area contributed by atoms with E-state index >= 15 is 0 Å². The quantitative estimate of drug-likeness (QED) is 0.405. The SMILES string of the molecule is O=C(c1ccc(-n2ccnc2)cc1)N1CCN(S(=O)(=O)c2ccc3cc(Br)ccc3c2)CC1. The molecule has 9 heteroatoms. The minimum atomic E-state index is -3.63. The smallest absolute Gasteiger partial charge is 0.253 e. The Morgan fingerprint density at radius 2 is 1.58 bits per heavy atom. The predicted molar refractivity (Wildman–Crippen MR) is 130 cm³/mol. The van der Waals surface area contributed by atoms with E-state index in [1.807, 2.05) is 47.2 Å². The average molecular weight is 525 g/mol. The standard InChI is InChI=1S/C24H21BrN4O3S/c25-21-5-1-20-16-23(8-4-19(20)15-21)33(31,32)29-13-11-27(12-14-29)24(30)18-2-6-22(7-3-18)28-10-9-26-17-28/h1-10,15-17H,11-14H2. The molecular formula is C24H21BrN4O3S. The second-order valence-electron chi connectivity index (χ2n) is 7.87. The van der Waals surface area contributed by atoms with Crippen molar-refractivity contribution in [3.8, 4) is 5.69 Å². The highest BCUT2D eigenvalue weighted by Crippen LogP contribution is 2.25. The molecular weight excluding hydrogens is 504 g/mol. The van der Waals surface area contributed by atoms with Crippen LogP contribution in [0.1, 0.15) is 10.4 Å². The summed E-state index contributed by atoms with van der Waals surface area (Å²) in [6.07, 6.45) is 5.24. The molecule has 0 atom stereocenters. The lowest BCUT2D eigenvalue weighted by Crippen LogP contribution is -2.50. The third kappa shape index (κ3) is 4.31. The summed E-state index contributed by atoms with van der Waals surface area (Å²) in [4.78, 5) is 18.9. The van der Waals surface area contributed by atoms with Crippen molar-refractivity contribution in [2.24, 2.45) is 0 Å². The highest BCUT2D eigenvalue weighted by atomic mass is 79.9. The van der Waals surface area contributed by atoms with Crippen LogP contribution in [0.15, 0.2) is 88.8 Å². The number of rotatable bonds is 4. The highest BCUT2D eigenvalue weighted by molar-refractivity contribution is 9.10. The van der Waals surface area contributed by atoms with E-state index < -0.39 is 10.0 Å². The fraction of sp³-hybridized carbons (Fsp3) is 0.167. The first-order valence-corrected chi connectivity index (χ1v) is 12.7. The molecule has 0 spiro atoms. The molecule has 5 rings (SSSR count). The number of benzene rings is 3. The summed E-state index contributed by atoms with van der Waals surface area (Å²) < 4.78 is 30.7. The van der Waals surface area contributed by atoms with Gasteiger partial charge in [-0.2, -0.15) is 4.31 Å². The van der Waals surface area contributed by atoms with Crippen molar-refractivity contribution in [3.05, 3.63) is 89.4 Å². The van der Waals surface area contributed by atoms with Crippen molar-refractivity contribution < 1.29 is 13.2 Å². The Morgan fingerprint density at radius 1 is 0.879 bits per heavy atom. The Hall–Kier alpha value is -3.01. The topological polar surface area (TPSA) is 75.5 Å². The molecule has 1 saturated heterocycles. The maximum atomic E-state index is 13.2. The van der Waals surface area contributed by atoms with E-state index in [9.17, 15) is 13.2 Å². The molecule has 4 aromatic rings. The fourth-order valence-electron chi connectivity index (χ4n) is 4.01. The van der Waals surface area contributed by atoms with Crippen LogP contribution >= 0.6 is 15.9 Å². The normalized spacial score (nSPS) is 15.1. The van der Waals surface area contributed by atoms with E-state index in [1.54, 1.807) is 41.7 Å². The largest absolute Gasteiger partial charge is 0.336 e. The molecule has 2 heterocycles. The number of sulfonamides is 1. The Morgan fingerprint density at radius 3 is 2.27 bits per heavy atom.